The van der Waals surface area contributed by atoms with E-state index in [1.165, 1.54) is 12.1 Å². The lowest BCUT2D eigenvalue weighted by molar-refractivity contribution is 0.135. The molecule has 0 saturated carbocycles. The summed E-state index contributed by atoms with van der Waals surface area (Å²) >= 11 is 3.10. The lowest BCUT2D eigenvalue weighted by Gasteiger charge is -2.37. The second-order valence-electron chi connectivity index (χ2n) is 4.91. The number of nitrogens with one attached hydrogen (secondary N) is 1. The molecule has 1 aliphatic heterocycles. The van der Waals surface area contributed by atoms with Gasteiger partial charge in [-0.25, -0.2) is 8.78 Å². The minimum Gasteiger partial charge on any atom is -0.311 e. The summed E-state index contributed by atoms with van der Waals surface area (Å²) < 4.78 is 27.9. The van der Waals surface area contributed by atoms with E-state index in [0.29, 0.717) is 17.1 Å². The quantitative estimate of drug-likeness (QED) is 0.843. The van der Waals surface area contributed by atoms with Crippen LogP contribution in [0.4, 0.5) is 8.78 Å². The molecule has 1 N–H and O–H groups in total. The van der Waals surface area contributed by atoms with Crippen molar-refractivity contribution < 1.29 is 8.78 Å². The van der Waals surface area contributed by atoms with E-state index in [9.17, 15) is 8.78 Å². The van der Waals surface area contributed by atoms with Crippen LogP contribution in [-0.2, 0) is 6.54 Å². The fraction of sp³-hybridized carbons (Fsp3) is 0.538. The predicted octanol–water partition coefficient (Wildman–Crippen LogP) is 2.91. The van der Waals surface area contributed by atoms with E-state index in [-0.39, 0.29) is 11.6 Å². The summed E-state index contributed by atoms with van der Waals surface area (Å²) in [5.74, 6) is -0.970. The average Bonchev–Trinajstić information content (AvgIpc) is 2.34. The molecule has 0 bridgehead atoms. The molecule has 1 heterocycles. The number of rotatable bonds is 2. The molecule has 1 aromatic carbocycles. The third-order valence-corrected chi connectivity index (χ3v) is 4.01. The van der Waals surface area contributed by atoms with E-state index < -0.39 is 11.6 Å². The molecule has 1 aliphatic rings. The summed E-state index contributed by atoms with van der Waals surface area (Å²) in [6.07, 6.45) is 0. The van der Waals surface area contributed by atoms with Gasteiger partial charge < -0.3 is 5.32 Å². The highest BCUT2D eigenvalue weighted by Gasteiger charge is 2.24. The Morgan fingerprint density at radius 1 is 1.39 bits per heavy atom. The summed E-state index contributed by atoms with van der Waals surface area (Å²) in [7, 11) is 0. The van der Waals surface area contributed by atoms with Crippen molar-refractivity contribution >= 4 is 15.9 Å². The SMILES string of the molecule is CC1CN(Cc2c(F)ccc(Br)c2F)C(C)CN1. The maximum absolute atomic E-state index is 13.9. The first-order chi connectivity index (χ1) is 8.49. The van der Waals surface area contributed by atoms with Crippen LogP contribution in [0.15, 0.2) is 16.6 Å². The zero-order chi connectivity index (χ0) is 13.3. The Hall–Kier alpha value is -0.520. The predicted molar refractivity (Wildman–Crippen MR) is 71.4 cm³/mol. The maximum Gasteiger partial charge on any atom is 0.144 e. The largest absolute Gasteiger partial charge is 0.311 e. The standard InChI is InChI=1S/C13H17BrF2N2/c1-8-6-18(9(2)5-17-8)7-10-12(15)4-3-11(14)13(10)16/h3-4,8-9,17H,5-7H2,1-2H3. The van der Waals surface area contributed by atoms with Gasteiger partial charge in [-0.1, -0.05) is 0 Å². The van der Waals surface area contributed by atoms with Gasteiger partial charge in [0.1, 0.15) is 11.6 Å². The van der Waals surface area contributed by atoms with E-state index in [1.807, 2.05) is 0 Å². The summed E-state index contributed by atoms with van der Waals surface area (Å²) in [5.41, 5.74) is 0.144. The minimum atomic E-state index is -0.492. The van der Waals surface area contributed by atoms with Crippen LogP contribution in [0.2, 0.25) is 0 Å². The summed E-state index contributed by atoms with van der Waals surface area (Å²) in [6.45, 7) is 6.09. The molecule has 100 valence electrons. The molecule has 2 rings (SSSR count). The van der Waals surface area contributed by atoms with Crippen molar-refractivity contribution in [3.63, 3.8) is 0 Å². The first-order valence-electron chi connectivity index (χ1n) is 6.09. The van der Waals surface area contributed by atoms with Crippen molar-refractivity contribution in [1.82, 2.24) is 10.2 Å². The Kier molecular flexibility index (Phi) is 4.35. The van der Waals surface area contributed by atoms with Gasteiger partial charge in [0.25, 0.3) is 0 Å². The van der Waals surface area contributed by atoms with Crippen molar-refractivity contribution in [2.45, 2.75) is 32.5 Å². The van der Waals surface area contributed by atoms with Crippen LogP contribution in [0.25, 0.3) is 0 Å². The zero-order valence-corrected chi connectivity index (χ0v) is 12.1. The molecule has 0 aromatic heterocycles. The Balaban J connectivity index is 2.20. The van der Waals surface area contributed by atoms with Crippen LogP contribution in [0.5, 0.6) is 0 Å². The molecule has 2 unspecified atom stereocenters. The molecule has 2 atom stereocenters. The van der Waals surface area contributed by atoms with Crippen molar-refractivity contribution in [2.24, 2.45) is 0 Å². The fourth-order valence-corrected chi connectivity index (χ4v) is 2.61. The first kappa shape index (κ1) is 13.9. The van der Waals surface area contributed by atoms with E-state index in [0.717, 1.165) is 13.1 Å². The Bertz CT molecular complexity index is 439. The molecule has 0 amide bonds. The Morgan fingerprint density at radius 2 is 2.11 bits per heavy atom. The molecule has 0 aliphatic carbocycles. The smallest absolute Gasteiger partial charge is 0.144 e. The van der Waals surface area contributed by atoms with E-state index in [2.05, 4.69) is 40.0 Å². The van der Waals surface area contributed by atoms with Crippen LogP contribution in [0.1, 0.15) is 19.4 Å². The van der Waals surface area contributed by atoms with Crippen molar-refractivity contribution in [2.75, 3.05) is 13.1 Å². The normalized spacial score (nSPS) is 25.4. The number of benzene rings is 1. The number of hydrogen-bond donors (Lipinski definition) is 1. The Morgan fingerprint density at radius 3 is 2.83 bits per heavy atom. The van der Waals surface area contributed by atoms with Crippen molar-refractivity contribution in [3.8, 4) is 0 Å². The molecule has 1 aromatic rings. The van der Waals surface area contributed by atoms with Crippen LogP contribution in [-0.4, -0.2) is 30.1 Å². The monoisotopic (exact) mass is 318 g/mol. The summed E-state index contributed by atoms with van der Waals surface area (Å²) in [6, 6.07) is 3.33. The number of hydrogen-bond acceptors (Lipinski definition) is 2. The van der Waals surface area contributed by atoms with Gasteiger partial charge in [-0.05, 0) is 41.9 Å². The van der Waals surface area contributed by atoms with Crippen LogP contribution in [0, 0.1) is 11.6 Å². The molecular weight excluding hydrogens is 302 g/mol. The first-order valence-corrected chi connectivity index (χ1v) is 6.88. The summed E-state index contributed by atoms with van der Waals surface area (Å²) in [4.78, 5) is 2.11. The molecule has 18 heavy (non-hydrogen) atoms. The third-order valence-electron chi connectivity index (χ3n) is 3.39. The van der Waals surface area contributed by atoms with Gasteiger partial charge >= 0.3 is 0 Å². The van der Waals surface area contributed by atoms with Gasteiger partial charge in [0.05, 0.1) is 4.47 Å². The topological polar surface area (TPSA) is 15.3 Å². The second kappa shape index (κ2) is 5.63. The van der Waals surface area contributed by atoms with Crippen LogP contribution < -0.4 is 5.32 Å². The lowest BCUT2D eigenvalue weighted by Crippen LogP contribution is -2.53. The fourth-order valence-electron chi connectivity index (χ4n) is 2.23. The average molecular weight is 319 g/mol. The van der Waals surface area contributed by atoms with Crippen LogP contribution >= 0.6 is 15.9 Å². The highest BCUT2D eigenvalue weighted by molar-refractivity contribution is 9.10. The van der Waals surface area contributed by atoms with Gasteiger partial charge in [-0.3, -0.25) is 4.90 Å². The molecule has 2 nitrogen and oxygen atoms in total. The summed E-state index contributed by atoms with van der Waals surface area (Å²) in [5, 5.41) is 3.35. The molecular formula is C13H17BrF2N2. The second-order valence-corrected chi connectivity index (χ2v) is 5.76. The van der Waals surface area contributed by atoms with Crippen LogP contribution in [0.3, 0.4) is 0 Å². The van der Waals surface area contributed by atoms with E-state index in [4.69, 9.17) is 0 Å². The third kappa shape index (κ3) is 2.90. The number of halogens is 3. The zero-order valence-electron chi connectivity index (χ0n) is 10.5. The van der Waals surface area contributed by atoms with E-state index >= 15 is 0 Å². The van der Waals surface area contributed by atoms with Gasteiger partial charge in [0.15, 0.2) is 0 Å². The number of piperazine rings is 1. The molecule has 0 spiro atoms. The number of nitrogens with zero attached hydrogens (tertiary/aromatic N) is 1. The highest BCUT2D eigenvalue weighted by atomic mass is 79.9. The molecule has 0 radical (unpaired) electrons. The van der Waals surface area contributed by atoms with Gasteiger partial charge in [-0.15, -0.1) is 0 Å². The van der Waals surface area contributed by atoms with Crippen molar-refractivity contribution in [1.29, 1.82) is 0 Å². The maximum atomic E-state index is 13.9. The lowest BCUT2D eigenvalue weighted by atomic mass is 10.1. The molecule has 1 saturated heterocycles. The minimum absolute atomic E-state index is 0.144. The van der Waals surface area contributed by atoms with Gasteiger partial charge in [-0.2, -0.15) is 0 Å². The van der Waals surface area contributed by atoms with E-state index in [1.54, 1.807) is 0 Å². The molecule has 1 fully saturated rings. The van der Waals surface area contributed by atoms with Gasteiger partial charge in [0, 0.05) is 37.3 Å². The highest BCUT2D eigenvalue weighted by Crippen LogP contribution is 2.24. The Labute approximate surface area is 114 Å². The van der Waals surface area contributed by atoms with Crippen molar-refractivity contribution in [3.05, 3.63) is 33.8 Å². The van der Waals surface area contributed by atoms with Gasteiger partial charge in [0.2, 0.25) is 0 Å². The molecule has 5 heteroatoms.